The van der Waals surface area contributed by atoms with Crippen LogP contribution in [-0.4, -0.2) is 43.9 Å². The van der Waals surface area contributed by atoms with Crippen LogP contribution in [0, 0.1) is 0 Å². The lowest BCUT2D eigenvalue weighted by Crippen LogP contribution is -2.32. The van der Waals surface area contributed by atoms with Gasteiger partial charge < -0.3 is 10.2 Å². The maximum atomic E-state index is 3.46. The van der Waals surface area contributed by atoms with Crippen molar-refractivity contribution in [1.29, 1.82) is 0 Å². The van der Waals surface area contributed by atoms with Crippen LogP contribution in [0.2, 0.25) is 0 Å². The highest BCUT2D eigenvalue weighted by Gasteiger charge is 2.23. The molecule has 1 aromatic rings. The Bertz CT molecular complexity index is 367. The molecule has 0 saturated carbocycles. The molecule has 0 saturated heterocycles. The molecule has 1 N–H and O–H groups in total. The Labute approximate surface area is 115 Å². The Morgan fingerprint density at radius 3 is 3.00 bits per heavy atom. The molecule has 2 rings (SSSR count). The highest BCUT2D eigenvalue weighted by atomic mass is 32.2. The molecule has 1 atom stereocenters. The first-order valence-electron chi connectivity index (χ1n) is 6.92. The van der Waals surface area contributed by atoms with Gasteiger partial charge in [0.05, 0.1) is 0 Å². The fraction of sp³-hybridized carbons (Fsp3) is 0.600. The van der Waals surface area contributed by atoms with Gasteiger partial charge in [0, 0.05) is 36.2 Å². The molecule has 1 aliphatic heterocycles. The minimum absolute atomic E-state index is 0.711. The molecule has 0 fully saturated rings. The molecule has 0 bridgehead atoms. The third-order valence-electron chi connectivity index (χ3n) is 3.43. The summed E-state index contributed by atoms with van der Waals surface area (Å²) in [7, 11) is 2.24. The van der Waals surface area contributed by atoms with E-state index in [1.165, 1.54) is 23.6 Å². The Morgan fingerprint density at radius 2 is 2.17 bits per heavy atom. The smallest absolute Gasteiger partial charge is 0.0108 e. The van der Waals surface area contributed by atoms with Gasteiger partial charge in [-0.1, -0.05) is 25.1 Å². The molecule has 0 amide bonds. The van der Waals surface area contributed by atoms with Gasteiger partial charge in [-0.15, -0.1) is 11.8 Å². The maximum Gasteiger partial charge on any atom is 0.0108 e. The predicted octanol–water partition coefficient (Wildman–Crippen LogP) is 2.81. The van der Waals surface area contributed by atoms with E-state index in [9.17, 15) is 0 Å². The van der Waals surface area contributed by atoms with Gasteiger partial charge in [0.25, 0.3) is 0 Å². The van der Waals surface area contributed by atoms with Crippen molar-refractivity contribution in [2.24, 2.45) is 0 Å². The first-order valence-corrected chi connectivity index (χ1v) is 7.90. The van der Waals surface area contributed by atoms with E-state index in [2.05, 4.69) is 48.5 Å². The maximum absolute atomic E-state index is 3.46. The molecule has 3 heteroatoms. The zero-order valence-electron chi connectivity index (χ0n) is 11.5. The quantitative estimate of drug-likeness (QED) is 0.762. The minimum Gasteiger partial charge on any atom is -0.315 e. The van der Waals surface area contributed by atoms with Crippen molar-refractivity contribution in [2.75, 3.05) is 39.0 Å². The number of rotatable bonds is 7. The molecule has 1 aliphatic rings. The van der Waals surface area contributed by atoms with Gasteiger partial charge in [-0.25, -0.2) is 0 Å². The van der Waals surface area contributed by atoms with E-state index < -0.39 is 0 Å². The van der Waals surface area contributed by atoms with Crippen LogP contribution in [0.25, 0.3) is 0 Å². The van der Waals surface area contributed by atoms with E-state index in [4.69, 9.17) is 0 Å². The highest BCUT2D eigenvalue weighted by Crippen LogP contribution is 2.39. The predicted molar refractivity (Wildman–Crippen MR) is 80.6 cm³/mol. The molecular formula is C15H24N2S. The SMILES string of the molecule is CCCNCCN(C)CC1CSc2ccccc21. The number of fused-ring (bicyclic) bond motifs is 1. The van der Waals surface area contributed by atoms with Gasteiger partial charge in [-0.3, -0.25) is 0 Å². The van der Waals surface area contributed by atoms with Crippen LogP contribution >= 0.6 is 11.8 Å². The first kappa shape index (κ1) is 13.9. The number of nitrogens with one attached hydrogen (secondary N) is 1. The molecule has 2 nitrogen and oxygen atoms in total. The van der Waals surface area contributed by atoms with Crippen molar-refractivity contribution < 1.29 is 0 Å². The number of nitrogens with zero attached hydrogens (tertiary/aromatic N) is 1. The summed E-state index contributed by atoms with van der Waals surface area (Å²) in [6, 6.07) is 8.86. The molecule has 0 spiro atoms. The Hall–Kier alpha value is -0.510. The number of likely N-dealkylation sites (N-methyl/N-ethyl adjacent to an activating group) is 1. The largest absolute Gasteiger partial charge is 0.315 e. The summed E-state index contributed by atoms with van der Waals surface area (Å²) in [4.78, 5) is 3.94. The number of benzene rings is 1. The van der Waals surface area contributed by atoms with Crippen molar-refractivity contribution >= 4 is 11.8 Å². The molecule has 18 heavy (non-hydrogen) atoms. The van der Waals surface area contributed by atoms with Gasteiger partial charge in [-0.2, -0.15) is 0 Å². The zero-order chi connectivity index (χ0) is 12.8. The summed E-state index contributed by atoms with van der Waals surface area (Å²) in [5, 5.41) is 3.46. The lowest BCUT2D eigenvalue weighted by molar-refractivity contribution is 0.317. The molecule has 0 aliphatic carbocycles. The second kappa shape index (κ2) is 7.17. The van der Waals surface area contributed by atoms with E-state index in [1.807, 2.05) is 11.8 Å². The van der Waals surface area contributed by atoms with Crippen LogP contribution in [0.5, 0.6) is 0 Å². The number of hydrogen-bond donors (Lipinski definition) is 1. The van der Waals surface area contributed by atoms with Crippen LogP contribution in [0.1, 0.15) is 24.8 Å². The Kier molecular flexibility index (Phi) is 5.54. The van der Waals surface area contributed by atoms with E-state index in [0.717, 1.165) is 19.6 Å². The molecular weight excluding hydrogens is 240 g/mol. The summed E-state index contributed by atoms with van der Waals surface area (Å²) in [5.74, 6) is 1.95. The van der Waals surface area contributed by atoms with Gasteiger partial charge in [0.2, 0.25) is 0 Å². The minimum atomic E-state index is 0.711. The summed E-state index contributed by atoms with van der Waals surface area (Å²) in [5.41, 5.74) is 1.55. The van der Waals surface area contributed by atoms with Gasteiger partial charge in [0.15, 0.2) is 0 Å². The molecule has 0 radical (unpaired) electrons. The van der Waals surface area contributed by atoms with Crippen molar-refractivity contribution in [2.45, 2.75) is 24.2 Å². The Balaban J connectivity index is 1.77. The van der Waals surface area contributed by atoms with E-state index in [-0.39, 0.29) is 0 Å². The fourth-order valence-electron chi connectivity index (χ4n) is 2.42. The number of thioether (sulfide) groups is 1. The van der Waals surface area contributed by atoms with Gasteiger partial charge >= 0.3 is 0 Å². The zero-order valence-corrected chi connectivity index (χ0v) is 12.3. The standard InChI is InChI=1S/C15H24N2S/c1-3-8-16-9-10-17(2)11-13-12-18-15-7-5-4-6-14(13)15/h4-7,13,16H,3,8-12H2,1-2H3. The van der Waals surface area contributed by atoms with Crippen molar-refractivity contribution in [3.8, 4) is 0 Å². The summed E-state index contributed by atoms with van der Waals surface area (Å²) < 4.78 is 0. The lowest BCUT2D eigenvalue weighted by Gasteiger charge is -2.21. The van der Waals surface area contributed by atoms with Crippen LogP contribution in [0.4, 0.5) is 0 Å². The van der Waals surface area contributed by atoms with Crippen molar-refractivity contribution in [3.63, 3.8) is 0 Å². The van der Waals surface area contributed by atoms with Crippen LogP contribution in [0.15, 0.2) is 29.2 Å². The van der Waals surface area contributed by atoms with Crippen molar-refractivity contribution in [1.82, 2.24) is 10.2 Å². The summed E-state index contributed by atoms with van der Waals surface area (Å²) >= 11 is 2.01. The number of hydrogen-bond acceptors (Lipinski definition) is 3. The molecule has 1 unspecified atom stereocenters. The van der Waals surface area contributed by atoms with E-state index >= 15 is 0 Å². The second-order valence-electron chi connectivity index (χ2n) is 5.06. The monoisotopic (exact) mass is 264 g/mol. The second-order valence-corrected chi connectivity index (χ2v) is 6.12. The Morgan fingerprint density at radius 1 is 1.33 bits per heavy atom. The first-order chi connectivity index (χ1) is 8.81. The van der Waals surface area contributed by atoms with E-state index in [0.29, 0.717) is 5.92 Å². The van der Waals surface area contributed by atoms with Crippen LogP contribution in [0.3, 0.4) is 0 Å². The molecule has 0 aromatic heterocycles. The fourth-order valence-corrected chi connectivity index (χ4v) is 3.66. The molecule has 1 heterocycles. The van der Waals surface area contributed by atoms with Crippen LogP contribution < -0.4 is 5.32 Å². The third-order valence-corrected chi connectivity index (χ3v) is 4.68. The summed E-state index contributed by atoms with van der Waals surface area (Å²) in [6.45, 7) is 6.77. The van der Waals surface area contributed by atoms with Crippen LogP contribution in [-0.2, 0) is 0 Å². The van der Waals surface area contributed by atoms with Crippen molar-refractivity contribution in [3.05, 3.63) is 29.8 Å². The average molecular weight is 264 g/mol. The molecule has 1 aromatic carbocycles. The van der Waals surface area contributed by atoms with Gasteiger partial charge in [0.1, 0.15) is 0 Å². The lowest BCUT2D eigenvalue weighted by atomic mass is 10.0. The van der Waals surface area contributed by atoms with Gasteiger partial charge in [-0.05, 0) is 31.6 Å². The molecule has 100 valence electrons. The third kappa shape index (κ3) is 3.74. The van der Waals surface area contributed by atoms with E-state index in [1.54, 1.807) is 5.56 Å². The average Bonchev–Trinajstić information content (AvgIpc) is 2.78. The normalized spacial score (nSPS) is 18.3. The summed E-state index contributed by atoms with van der Waals surface area (Å²) in [6.07, 6.45) is 1.22. The highest BCUT2D eigenvalue weighted by molar-refractivity contribution is 7.99. The topological polar surface area (TPSA) is 15.3 Å².